The SMILES string of the molecule is CCC(CC)N(CCN(C)C(=O)CCC(=O)NCCOCCOCCOCCC(=O)OC(C)(C)C)Cc1cccc(C(=O)Nc2sc3c(c2C(=O)c2cnn(-c4ccc(Cl)cc4)c2)CCCC3)c1. The van der Waals surface area contributed by atoms with Crippen molar-refractivity contribution < 1.29 is 42.9 Å². The highest BCUT2D eigenvalue weighted by atomic mass is 35.5. The Kier molecular flexibility index (Phi) is 21.7. The Labute approximate surface area is 410 Å². The summed E-state index contributed by atoms with van der Waals surface area (Å²) in [4.78, 5) is 70.6. The number of amides is 3. The number of benzene rings is 2. The molecule has 0 atom stereocenters. The fourth-order valence-corrected chi connectivity index (χ4v) is 9.29. The van der Waals surface area contributed by atoms with Crippen LogP contribution < -0.4 is 10.6 Å². The molecule has 0 fully saturated rings. The van der Waals surface area contributed by atoms with Crippen LogP contribution in [0.3, 0.4) is 0 Å². The molecule has 370 valence electrons. The number of nitrogens with zero attached hydrogens (tertiary/aromatic N) is 4. The van der Waals surface area contributed by atoms with Crippen molar-refractivity contribution in [3.05, 3.63) is 98.6 Å². The van der Waals surface area contributed by atoms with Crippen LogP contribution in [0.2, 0.25) is 5.02 Å². The van der Waals surface area contributed by atoms with Gasteiger partial charge in [-0.25, -0.2) is 4.68 Å². The first-order valence-corrected chi connectivity index (χ1v) is 24.9. The zero-order valence-electron chi connectivity index (χ0n) is 40.5. The summed E-state index contributed by atoms with van der Waals surface area (Å²) < 4.78 is 23.3. The predicted molar refractivity (Wildman–Crippen MR) is 265 cm³/mol. The molecule has 1 aliphatic carbocycles. The number of thiophene rings is 1. The van der Waals surface area contributed by atoms with Gasteiger partial charge in [-0.2, -0.15) is 5.10 Å². The van der Waals surface area contributed by atoms with Gasteiger partial charge < -0.3 is 34.5 Å². The normalized spacial score (nSPS) is 12.5. The highest BCUT2D eigenvalue weighted by Gasteiger charge is 2.29. The third-order valence-electron chi connectivity index (χ3n) is 11.5. The number of rotatable bonds is 28. The second-order valence-electron chi connectivity index (χ2n) is 17.8. The highest BCUT2D eigenvalue weighted by Crippen LogP contribution is 2.40. The number of esters is 1. The van der Waals surface area contributed by atoms with Crippen molar-refractivity contribution in [2.24, 2.45) is 0 Å². The lowest BCUT2D eigenvalue weighted by Gasteiger charge is -2.32. The molecule has 0 spiro atoms. The molecule has 0 unspecified atom stereocenters. The van der Waals surface area contributed by atoms with Gasteiger partial charge in [0.05, 0.1) is 69.1 Å². The third-order valence-corrected chi connectivity index (χ3v) is 13.0. The Balaban J connectivity index is 1.05. The number of likely N-dealkylation sites (N-methyl/N-ethyl adjacent to an activating group) is 1. The summed E-state index contributed by atoms with van der Waals surface area (Å²) >= 11 is 7.57. The minimum Gasteiger partial charge on any atom is -0.460 e. The number of aryl methyl sites for hydroxylation is 1. The lowest BCUT2D eigenvalue weighted by Crippen LogP contribution is -2.41. The van der Waals surface area contributed by atoms with Crippen LogP contribution in [-0.2, 0) is 52.7 Å². The summed E-state index contributed by atoms with van der Waals surface area (Å²) in [5.41, 5.74) is 3.71. The molecule has 2 N–H and O–H groups in total. The van der Waals surface area contributed by atoms with Crippen molar-refractivity contribution in [1.82, 2.24) is 24.9 Å². The average molecular weight is 978 g/mol. The molecule has 0 saturated heterocycles. The van der Waals surface area contributed by atoms with Crippen LogP contribution in [0.1, 0.15) is 122 Å². The summed E-state index contributed by atoms with van der Waals surface area (Å²) in [5, 5.41) is 11.5. The molecule has 1 aliphatic rings. The summed E-state index contributed by atoms with van der Waals surface area (Å²) in [6, 6.07) is 15.1. The average Bonchev–Trinajstić information content (AvgIpc) is 3.95. The van der Waals surface area contributed by atoms with E-state index < -0.39 is 5.60 Å². The molecule has 0 bridgehead atoms. The molecular formula is C51H69ClN6O9S. The predicted octanol–water partition coefficient (Wildman–Crippen LogP) is 8.08. The van der Waals surface area contributed by atoms with Crippen LogP contribution in [0.4, 0.5) is 5.00 Å². The Bertz CT molecular complexity index is 2270. The second-order valence-corrected chi connectivity index (χ2v) is 19.4. The van der Waals surface area contributed by atoms with E-state index in [9.17, 15) is 24.0 Å². The summed E-state index contributed by atoms with van der Waals surface area (Å²) in [6.07, 6.45) is 9.13. The van der Waals surface area contributed by atoms with Gasteiger partial charge in [0, 0.05) is 73.8 Å². The molecule has 2 heterocycles. The Morgan fingerprint density at radius 1 is 0.853 bits per heavy atom. The van der Waals surface area contributed by atoms with Gasteiger partial charge in [0.25, 0.3) is 5.91 Å². The smallest absolute Gasteiger partial charge is 0.308 e. The minimum atomic E-state index is -0.514. The van der Waals surface area contributed by atoms with E-state index in [1.807, 2.05) is 51.1 Å². The van der Waals surface area contributed by atoms with E-state index in [2.05, 4.69) is 34.5 Å². The summed E-state index contributed by atoms with van der Waals surface area (Å²) in [6.45, 7) is 13.8. The molecule has 5 rings (SSSR count). The van der Waals surface area contributed by atoms with Crippen molar-refractivity contribution in [3.63, 3.8) is 0 Å². The van der Waals surface area contributed by atoms with E-state index in [4.69, 9.17) is 30.5 Å². The second kappa shape index (κ2) is 27.3. The molecule has 0 radical (unpaired) electrons. The maximum Gasteiger partial charge on any atom is 0.308 e. The fourth-order valence-electron chi connectivity index (χ4n) is 7.89. The zero-order chi connectivity index (χ0) is 49.1. The first-order valence-electron chi connectivity index (χ1n) is 23.8. The molecule has 2 aromatic heterocycles. The van der Waals surface area contributed by atoms with E-state index in [0.29, 0.717) is 85.9 Å². The number of anilines is 1. The van der Waals surface area contributed by atoms with Crippen molar-refractivity contribution in [2.45, 2.75) is 111 Å². The molecule has 0 saturated carbocycles. The van der Waals surface area contributed by atoms with Gasteiger partial charge in [-0.15, -0.1) is 11.3 Å². The fraction of sp³-hybridized carbons (Fsp3) is 0.529. The highest BCUT2D eigenvalue weighted by molar-refractivity contribution is 7.17. The number of ketones is 1. The van der Waals surface area contributed by atoms with Gasteiger partial charge in [-0.1, -0.05) is 37.6 Å². The summed E-state index contributed by atoms with van der Waals surface area (Å²) in [5.74, 6) is -1.09. The van der Waals surface area contributed by atoms with E-state index >= 15 is 0 Å². The van der Waals surface area contributed by atoms with E-state index in [-0.39, 0.29) is 61.4 Å². The largest absolute Gasteiger partial charge is 0.460 e. The number of aromatic nitrogens is 2. The number of hydrogen-bond acceptors (Lipinski definition) is 12. The number of ether oxygens (including phenoxy) is 4. The molecule has 15 nitrogen and oxygen atoms in total. The number of carbonyl (C=O) groups excluding carboxylic acids is 5. The number of hydrogen-bond donors (Lipinski definition) is 2. The number of nitrogens with one attached hydrogen (secondary N) is 2. The first-order chi connectivity index (χ1) is 32.6. The maximum absolute atomic E-state index is 14.2. The minimum absolute atomic E-state index is 0.0735. The van der Waals surface area contributed by atoms with Crippen LogP contribution in [-0.4, -0.2) is 127 Å². The van der Waals surface area contributed by atoms with Gasteiger partial charge >= 0.3 is 5.97 Å². The van der Waals surface area contributed by atoms with Crippen molar-refractivity contribution in [1.29, 1.82) is 0 Å². The lowest BCUT2D eigenvalue weighted by atomic mass is 9.92. The van der Waals surface area contributed by atoms with Crippen LogP contribution in [0, 0.1) is 0 Å². The molecule has 3 amide bonds. The lowest BCUT2D eigenvalue weighted by molar-refractivity contribution is -0.156. The van der Waals surface area contributed by atoms with Gasteiger partial charge in [-0.05, 0) is 107 Å². The van der Waals surface area contributed by atoms with Gasteiger partial charge in [-0.3, -0.25) is 28.9 Å². The zero-order valence-corrected chi connectivity index (χ0v) is 42.1. The molecule has 4 aromatic rings. The van der Waals surface area contributed by atoms with Crippen LogP contribution in [0.25, 0.3) is 5.69 Å². The molecule has 0 aliphatic heterocycles. The van der Waals surface area contributed by atoms with Gasteiger partial charge in [0.1, 0.15) is 10.6 Å². The van der Waals surface area contributed by atoms with Gasteiger partial charge in [0.2, 0.25) is 11.8 Å². The van der Waals surface area contributed by atoms with E-state index in [1.54, 1.807) is 47.2 Å². The monoisotopic (exact) mass is 976 g/mol. The quantitative estimate of drug-likeness (QED) is 0.0321. The van der Waals surface area contributed by atoms with Crippen molar-refractivity contribution >= 4 is 57.4 Å². The molecular weight excluding hydrogens is 908 g/mol. The Hall–Kier alpha value is -4.97. The topological polar surface area (TPSA) is 171 Å². The number of halogens is 1. The van der Waals surface area contributed by atoms with Crippen LogP contribution >= 0.6 is 22.9 Å². The first kappa shape index (κ1) is 54.0. The molecule has 2 aromatic carbocycles. The van der Waals surface area contributed by atoms with Crippen molar-refractivity contribution in [3.8, 4) is 5.69 Å². The summed E-state index contributed by atoms with van der Waals surface area (Å²) in [7, 11) is 1.76. The van der Waals surface area contributed by atoms with Crippen LogP contribution in [0.5, 0.6) is 0 Å². The standard InChI is InChI=1S/C51H69ClN6O9S/c1-7-40(8-2)57(25-24-56(6)45(60)21-20-44(59)53-23-27-65-29-31-66-30-28-64-26-22-46(61)67-51(3,4)5)34-36-12-11-13-37(32-36)49(63)55-50-47(42-14-9-10-15-43(42)68-50)48(62)38-33-54-58(35-38)41-18-16-39(52)17-19-41/h11-13,16-19,32-33,35,40H,7-10,14-15,20-31,34H2,1-6H3,(H,53,59)(H,55,63). The van der Waals surface area contributed by atoms with Gasteiger partial charge in [0.15, 0.2) is 5.78 Å². The maximum atomic E-state index is 14.2. The number of carbonyl (C=O) groups is 5. The van der Waals surface area contributed by atoms with E-state index in [0.717, 1.165) is 60.2 Å². The van der Waals surface area contributed by atoms with Crippen LogP contribution in [0.15, 0.2) is 60.9 Å². The van der Waals surface area contributed by atoms with E-state index in [1.165, 1.54) is 11.3 Å². The molecule has 17 heteroatoms. The third kappa shape index (κ3) is 17.2. The molecule has 68 heavy (non-hydrogen) atoms. The Morgan fingerprint density at radius 3 is 2.25 bits per heavy atom. The Morgan fingerprint density at radius 2 is 1.54 bits per heavy atom. The number of fused-ring (bicyclic) bond motifs is 1. The van der Waals surface area contributed by atoms with Crippen molar-refractivity contribution in [2.75, 3.05) is 71.6 Å².